The van der Waals surface area contributed by atoms with Crippen LogP contribution in [0.3, 0.4) is 0 Å². The highest BCUT2D eigenvalue weighted by Gasteiger charge is 2.25. The zero-order valence-corrected chi connectivity index (χ0v) is 15.3. The average Bonchev–Trinajstić information content (AvgIpc) is 3.09. The van der Waals surface area contributed by atoms with Crippen molar-refractivity contribution in [3.8, 4) is 6.07 Å². The lowest BCUT2D eigenvalue weighted by molar-refractivity contribution is -0.122. The fourth-order valence-corrected chi connectivity index (χ4v) is 3.37. The van der Waals surface area contributed by atoms with Gasteiger partial charge in [-0.15, -0.1) is 11.3 Å². The van der Waals surface area contributed by atoms with Crippen molar-refractivity contribution in [1.29, 1.82) is 5.26 Å². The normalized spacial score (nSPS) is 11.7. The number of nitrogens with zero attached hydrogens (tertiary/aromatic N) is 4. The molecule has 0 N–H and O–H groups in total. The molecule has 0 amide bonds. The lowest BCUT2D eigenvalue weighted by atomic mass is 10.1. The third-order valence-electron chi connectivity index (χ3n) is 3.83. The van der Waals surface area contributed by atoms with Crippen molar-refractivity contribution in [2.75, 3.05) is 6.61 Å². The number of carbonyl (C=O) groups is 2. The van der Waals surface area contributed by atoms with Crippen LogP contribution in [0.2, 0.25) is 0 Å². The van der Waals surface area contributed by atoms with Gasteiger partial charge < -0.3 is 4.74 Å². The summed E-state index contributed by atoms with van der Waals surface area (Å²) in [6, 6.07) is 8.40. The number of esters is 1. The van der Waals surface area contributed by atoms with Gasteiger partial charge in [0.1, 0.15) is 5.01 Å². The Morgan fingerprint density at radius 3 is 2.67 bits per heavy atom. The number of hydrogen-bond acceptors (Lipinski definition) is 8. The summed E-state index contributed by atoms with van der Waals surface area (Å²) in [6.45, 7) is 1.17. The molecule has 0 spiro atoms. The third kappa shape index (κ3) is 3.61. The van der Waals surface area contributed by atoms with Gasteiger partial charge in [-0.1, -0.05) is 18.2 Å². The van der Waals surface area contributed by atoms with Crippen LogP contribution in [-0.2, 0) is 16.6 Å². The van der Waals surface area contributed by atoms with Gasteiger partial charge in [0.15, 0.2) is 24.0 Å². The Bertz CT molecular complexity index is 1140. The van der Waals surface area contributed by atoms with Gasteiger partial charge in [-0.2, -0.15) is 10.4 Å². The molecule has 2 heterocycles. The van der Waals surface area contributed by atoms with E-state index in [-0.39, 0.29) is 11.3 Å². The molecule has 0 saturated carbocycles. The van der Waals surface area contributed by atoms with Crippen LogP contribution >= 0.6 is 11.3 Å². The van der Waals surface area contributed by atoms with E-state index in [0.29, 0.717) is 21.5 Å². The maximum Gasteiger partial charge on any atom is 0.359 e. The Balaban J connectivity index is 1.81. The molecule has 0 saturated heterocycles. The van der Waals surface area contributed by atoms with E-state index in [1.165, 1.54) is 18.4 Å². The van der Waals surface area contributed by atoms with Gasteiger partial charge in [-0.3, -0.25) is 9.59 Å². The number of carbonyl (C=O) groups excluding carboxylic acids is 2. The Morgan fingerprint density at radius 2 is 2.04 bits per heavy atom. The van der Waals surface area contributed by atoms with Crippen LogP contribution in [0.1, 0.15) is 27.1 Å². The first-order valence-electron chi connectivity index (χ1n) is 7.90. The Kier molecular flexibility index (Phi) is 5.09. The lowest BCUT2D eigenvalue weighted by Crippen LogP contribution is -2.25. The molecule has 27 heavy (non-hydrogen) atoms. The van der Waals surface area contributed by atoms with E-state index in [1.54, 1.807) is 36.6 Å². The van der Waals surface area contributed by atoms with Crippen LogP contribution in [0.4, 0.5) is 0 Å². The number of fused-ring (bicyclic) bond motifs is 1. The molecule has 0 fully saturated rings. The second-order valence-electron chi connectivity index (χ2n) is 5.75. The number of hydrogen-bond donors (Lipinski definition) is 0. The van der Waals surface area contributed by atoms with Gasteiger partial charge in [-0.25, -0.2) is 14.5 Å². The van der Waals surface area contributed by atoms with E-state index in [2.05, 4.69) is 10.1 Å². The van der Waals surface area contributed by atoms with E-state index in [0.717, 1.165) is 4.68 Å². The number of nitriles is 1. The van der Waals surface area contributed by atoms with Crippen molar-refractivity contribution >= 4 is 33.9 Å². The third-order valence-corrected chi connectivity index (χ3v) is 4.86. The fourth-order valence-electron chi connectivity index (χ4n) is 2.51. The number of aryl methyl sites for hydroxylation is 2. The van der Waals surface area contributed by atoms with Gasteiger partial charge in [0, 0.05) is 23.5 Å². The molecule has 8 nitrogen and oxygen atoms in total. The van der Waals surface area contributed by atoms with Crippen molar-refractivity contribution in [3.63, 3.8) is 0 Å². The van der Waals surface area contributed by atoms with Crippen LogP contribution in [-0.4, -0.2) is 33.1 Å². The highest BCUT2D eigenvalue weighted by Crippen LogP contribution is 2.21. The van der Waals surface area contributed by atoms with Crippen molar-refractivity contribution in [2.24, 2.45) is 7.05 Å². The molecule has 2 aromatic heterocycles. The molecular weight excluding hydrogens is 368 g/mol. The van der Waals surface area contributed by atoms with Gasteiger partial charge in [0.25, 0.3) is 5.56 Å². The Morgan fingerprint density at radius 1 is 1.33 bits per heavy atom. The summed E-state index contributed by atoms with van der Waals surface area (Å²) >= 11 is 1.20. The molecule has 0 radical (unpaired) electrons. The minimum absolute atomic E-state index is 0.0703. The molecule has 9 heteroatoms. The molecule has 3 rings (SSSR count). The van der Waals surface area contributed by atoms with E-state index >= 15 is 0 Å². The number of thiazole rings is 1. The smallest absolute Gasteiger partial charge is 0.359 e. The predicted octanol–water partition coefficient (Wildman–Crippen LogP) is 1.73. The van der Waals surface area contributed by atoms with Crippen LogP contribution in [0.5, 0.6) is 0 Å². The molecule has 0 aliphatic heterocycles. The molecule has 0 bridgehead atoms. The maximum atomic E-state index is 12.4. The fraction of sp³-hybridized carbons (Fsp3) is 0.222. The molecule has 136 valence electrons. The highest BCUT2D eigenvalue weighted by molar-refractivity contribution is 7.09. The zero-order chi connectivity index (χ0) is 19.6. The SMILES string of the molecule is Cc1csc(C(C#N)C(=O)COC(=O)c2nn(C)c(=O)c3ccccc23)n1. The summed E-state index contributed by atoms with van der Waals surface area (Å²) in [6.07, 6.45) is 0. The molecule has 3 aromatic rings. The van der Waals surface area contributed by atoms with E-state index < -0.39 is 24.3 Å². The summed E-state index contributed by atoms with van der Waals surface area (Å²) in [5, 5.41) is 16.0. The average molecular weight is 382 g/mol. The Hall–Kier alpha value is -3.38. The summed E-state index contributed by atoms with van der Waals surface area (Å²) < 4.78 is 6.10. The molecule has 1 atom stereocenters. The van der Waals surface area contributed by atoms with Crippen LogP contribution in [0.15, 0.2) is 34.4 Å². The minimum Gasteiger partial charge on any atom is -0.453 e. The topological polar surface area (TPSA) is 115 Å². The first kappa shape index (κ1) is 18.4. The van der Waals surface area contributed by atoms with Crippen LogP contribution in [0, 0.1) is 18.3 Å². The number of ether oxygens (including phenoxy) is 1. The summed E-state index contributed by atoms with van der Waals surface area (Å²) in [5.74, 6) is -2.52. The van der Waals surface area contributed by atoms with Crippen molar-refractivity contribution < 1.29 is 14.3 Å². The molecule has 1 aromatic carbocycles. The first-order valence-corrected chi connectivity index (χ1v) is 8.78. The second kappa shape index (κ2) is 7.47. The number of Topliss-reactive ketones (excluding diaryl/α,β-unsaturated/α-hetero) is 1. The van der Waals surface area contributed by atoms with Gasteiger partial charge in [0.2, 0.25) is 0 Å². The zero-order valence-electron chi connectivity index (χ0n) is 14.5. The second-order valence-corrected chi connectivity index (χ2v) is 6.64. The minimum atomic E-state index is -1.10. The standard InChI is InChI=1S/C18H14N4O4S/c1-10-9-27-16(20-10)13(7-19)14(23)8-26-18(25)15-11-5-3-4-6-12(11)17(24)22(2)21-15/h3-6,9,13H,8H2,1-2H3. The number of ketones is 1. The number of rotatable bonds is 5. The van der Waals surface area contributed by atoms with Crippen LogP contribution < -0.4 is 5.56 Å². The first-order chi connectivity index (χ1) is 12.9. The molecular formula is C18H14N4O4S. The monoisotopic (exact) mass is 382 g/mol. The van der Waals surface area contributed by atoms with Crippen molar-refractivity contribution in [2.45, 2.75) is 12.8 Å². The molecule has 0 aliphatic rings. The predicted molar refractivity (Wildman–Crippen MR) is 97.5 cm³/mol. The molecule has 1 unspecified atom stereocenters. The summed E-state index contributed by atoms with van der Waals surface area (Å²) in [5.41, 5.74) is 0.293. The van der Waals surface area contributed by atoms with Crippen LogP contribution in [0.25, 0.3) is 10.8 Å². The highest BCUT2D eigenvalue weighted by atomic mass is 32.1. The Labute approximate surface area is 157 Å². The number of aromatic nitrogens is 3. The van der Waals surface area contributed by atoms with E-state index in [1.807, 2.05) is 6.07 Å². The van der Waals surface area contributed by atoms with Crippen molar-refractivity contribution in [3.05, 3.63) is 56.4 Å². The van der Waals surface area contributed by atoms with Gasteiger partial charge in [0.05, 0.1) is 11.5 Å². The maximum absolute atomic E-state index is 12.4. The summed E-state index contributed by atoms with van der Waals surface area (Å²) in [4.78, 5) is 41.0. The number of benzene rings is 1. The van der Waals surface area contributed by atoms with E-state index in [9.17, 15) is 19.6 Å². The quantitative estimate of drug-likeness (QED) is 0.617. The lowest BCUT2D eigenvalue weighted by Gasteiger charge is -2.09. The molecule has 0 aliphatic carbocycles. The van der Waals surface area contributed by atoms with Crippen molar-refractivity contribution in [1.82, 2.24) is 14.8 Å². The summed E-state index contributed by atoms with van der Waals surface area (Å²) in [7, 11) is 1.42. The van der Waals surface area contributed by atoms with Gasteiger partial charge in [-0.05, 0) is 13.0 Å². The largest absolute Gasteiger partial charge is 0.453 e. The van der Waals surface area contributed by atoms with E-state index in [4.69, 9.17) is 4.74 Å². The van der Waals surface area contributed by atoms with Gasteiger partial charge >= 0.3 is 5.97 Å².